The number of pyridine rings is 2. The summed E-state index contributed by atoms with van der Waals surface area (Å²) in [5.41, 5.74) is -0.692. The van der Waals surface area contributed by atoms with Crippen LogP contribution in [0, 0.1) is 0 Å². The zero-order valence-corrected chi connectivity index (χ0v) is 17.3. The largest absolute Gasteiger partial charge is 0.478 e. The molecule has 2 aromatic rings. The number of carboxylic acid groups (broad SMARTS) is 2. The molecule has 0 aliphatic carbocycles. The van der Waals surface area contributed by atoms with E-state index in [4.69, 9.17) is 38.5 Å². The lowest BCUT2D eigenvalue weighted by atomic mass is 10.1. The van der Waals surface area contributed by atoms with Crippen LogP contribution in [-0.4, -0.2) is 70.5 Å². The SMILES string of the molecule is CO.COC(=O)c1cnc(Cl)cc1C(=O)OC.O=C(O)c1cnc(Cl)cc1C(=O)O. The van der Waals surface area contributed by atoms with E-state index in [2.05, 4.69) is 19.4 Å². The molecule has 0 saturated heterocycles. The van der Waals surface area contributed by atoms with Crippen molar-refractivity contribution in [3.05, 3.63) is 57.1 Å². The number of hydrogen-bond donors (Lipinski definition) is 3. The van der Waals surface area contributed by atoms with Gasteiger partial charge in [0.15, 0.2) is 0 Å². The standard InChI is InChI=1S/C9H8ClNO4.C7H4ClNO4.CH4O/c1-14-8(12)5-3-7(10)11-4-6(5)9(13)15-2;8-5-1-3(6(10)11)4(2-9-5)7(12)13;1-2/h3-4H,1-2H3;1-2H,(H,10,11)(H,12,13);2H,1H3. The molecule has 0 bridgehead atoms. The van der Waals surface area contributed by atoms with Gasteiger partial charge in [-0.05, 0) is 12.1 Å². The van der Waals surface area contributed by atoms with Crippen molar-refractivity contribution >= 4 is 47.1 Å². The minimum atomic E-state index is -1.35. The summed E-state index contributed by atoms with van der Waals surface area (Å²) in [5.74, 6) is -4.03. The maximum Gasteiger partial charge on any atom is 0.340 e. The number of aromatic carboxylic acids is 2. The van der Waals surface area contributed by atoms with E-state index in [9.17, 15) is 19.2 Å². The van der Waals surface area contributed by atoms with Gasteiger partial charge in [0.1, 0.15) is 10.3 Å². The zero-order valence-electron chi connectivity index (χ0n) is 15.8. The molecule has 2 aromatic heterocycles. The predicted molar refractivity (Wildman–Crippen MR) is 103 cm³/mol. The second kappa shape index (κ2) is 13.0. The fourth-order valence-electron chi connectivity index (χ4n) is 1.76. The van der Waals surface area contributed by atoms with Gasteiger partial charge in [-0.1, -0.05) is 23.2 Å². The fourth-order valence-corrected chi connectivity index (χ4v) is 2.07. The monoisotopic (exact) mass is 462 g/mol. The van der Waals surface area contributed by atoms with Crippen LogP contribution in [0.4, 0.5) is 0 Å². The van der Waals surface area contributed by atoms with Gasteiger partial charge in [0, 0.05) is 19.5 Å². The molecule has 2 heterocycles. The Morgan fingerprint density at radius 3 is 1.50 bits per heavy atom. The Kier molecular flexibility index (Phi) is 11.6. The second-order valence-electron chi connectivity index (χ2n) is 4.70. The van der Waals surface area contributed by atoms with Crippen molar-refractivity contribution < 1.29 is 44.0 Å². The highest BCUT2D eigenvalue weighted by atomic mass is 35.5. The summed E-state index contributed by atoms with van der Waals surface area (Å²) < 4.78 is 8.98. The molecule has 0 aromatic carbocycles. The summed E-state index contributed by atoms with van der Waals surface area (Å²) in [7, 11) is 3.41. The number of rotatable bonds is 4. The van der Waals surface area contributed by atoms with E-state index in [1.165, 1.54) is 26.5 Å². The molecule has 30 heavy (non-hydrogen) atoms. The van der Waals surface area contributed by atoms with Gasteiger partial charge in [0.25, 0.3) is 0 Å². The first kappa shape index (κ1) is 26.7. The van der Waals surface area contributed by atoms with E-state index in [1.807, 2.05) is 0 Å². The Hall–Kier alpha value is -3.28. The molecule has 11 nitrogen and oxygen atoms in total. The third-order valence-electron chi connectivity index (χ3n) is 3.01. The lowest BCUT2D eigenvalue weighted by molar-refractivity contribution is 0.0554. The van der Waals surface area contributed by atoms with Gasteiger partial charge >= 0.3 is 23.9 Å². The molecule has 0 amide bonds. The van der Waals surface area contributed by atoms with Crippen molar-refractivity contribution in [1.29, 1.82) is 0 Å². The number of nitrogens with zero attached hydrogens (tertiary/aromatic N) is 2. The molecule has 162 valence electrons. The Morgan fingerprint density at radius 2 is 1.10 bits per heavy atom. The Morgan fingerprint density at radius 1 is 0.733 bits per heavy atom. The first-order chi connectivity index (χ1) is 14.1. The third kappa shape index (κ3) is 7.62. The van der Waals surface area contributed by atoms with Crippen LogP contribution in [-0.2, 0) is 9.47 Å². The van der Waals surface area contributed by atoms with Gasteiger partial charge in [-0.3, -0.25) is 0 Å². The summed E-state index contributed by atoms with van der Waals surface area (Å²) in [6.45, 7) is 0. The number of aliphatic hydroxyl groups is 1. The van der Waals surface area contributed by atoms with Gasteiger partial charge in [0.2, 0.25) is 0 Å². The molecule has 0 spiro atoms. The van der Waals surface area contributed by atoms with Crippen molar-refractivity contribution in [1.82, 2.24) is 9.97 Å². The average molecular weight is 463 g/mol. The minimum absolute atomic E-state index is 0.0220. The minimum Gasteiger partial charge on any atom is -0.478 e. The van der Waals surface area contributed by atoms with Crippen LogP contribution in [0.25, 0.3) is 0 Å². The van der Waals surface area contributed by atoms with Crippen LogP contribution in [0.15, 0.2) is 24.5 Å². The van der Waals surface area contributed by atoms with Gasteiger partial charge in [0.05, 0.1) is 36.5 Å². The highest BCUT2D eigenvalue weighted by Gasteiger charge is 2.19. The normalized spacial score (nSPS) is 9.13. The molecule has 0 atom stereocenters. The number of carbonyl (C=O) groups excluding carboxylic acids is 2. The van der Waals surface area contributed by atoms with Crippen LogP contribution in [0.1, 0.15) is 41.4 Å². The number of aromatic nitrogens is 2. The van der Waals surface area contributed by atoms with Crippen molar-refractivity contribution in [2.45, 2.75) is 0 Å². The highest BCUT2D eigenvalue weighted by molar-refractivity contribution is 6.30. The van der Waals surface area contributed by atoms with Gasteiger partial charge < -0.3 is 24.8 Å². The van der Waals surface area contributed by atoms with Crippen LogP contribution in [0.5, 0.6) is 0 Å². The molecule has 13 heteroatoms. The molecular formula is C17H16Cl2N2O9. The quantitative estimate of drug-likeness (QED) is 0.447. The molecule has 0 saturated carbocycles. The first-order valence-corrected chi connectivity index (χ1v) is 8.27. The topological polar surface area (TPSA) is 173 Å². The van der Waals surface area contributed by atoms with Crippen molar-refractivity contribution in [3.8, 4) is 0 Å². The fraction of sp³-hybridized carbons (Fsp3) is 0.176. The van der Waals surface area contributed by atoms with E-state index in [1.54, 1.807) is 0 Å². The van der Waals surface area contributed by atoms with Gasteiger partial charge in [-0.15, -0.1) is 0 Å². The number of hydrogen-bond acceptors (Lipinski definition) is 9. The number of esters is 2. The maximum absolute atomic E-state index is 11.3. The summed E-state index contributed by atoms with van der Waals surface area (Å²) in [5, 5.41) is 24.2. The summed E-state index contributed by atoms with van der Waals surface area (Å²) in [6.07, 6.45) is 2.08. The Bertz CT molecular complexity index is 935. The Labute approximate surface area is 179 Å². The summed E-state index contributed by atoms with van der Waals surface area (Å²) in [6, 6.07) is 2.24. The van der Waals surface area contributed by atoms with E-state index < -0.39 is 23.9 Å². The predicted octanol–water partition coefficient (Wildman–Crippen LogP) is 2.05. The van der Waals surface area contributed by atoms with E-state index in [0.717, 1.165) is 19.4 Å². The molecule has 0 aliphatic heterocycles. The van der Waals surface area contributed by atoms with Crippen molar-refractivity contribution in [2.24, 2.45) is 0 Å². The highest BCUT2D eigenvalue weighted by Crippen LogP contribution is 2.15. The lowest BCUT2D eigenvalue weighted by Gasteiger charge is -2.05. The van der Waals surface area contributed by atoms with Crippen LogP contribution in [0.2, 0.25) is 10.3 Å². The van der Waals surface area contributed by atoms with E-state index >= 15 is 0 Å². The maximum atomic E-state index is 11.3. The van der Waals surface area contributed by atoms with Crippen molar-refractivity contribution in [3.63, 3.8) is 0 Å². The lowest BCUT2D eigenvalue weighted by Crippen LogP contribution is -2.12. The second-order valence-corrected chi connectivity index (χ2v) is 5.47. The molecule has 0 aliphatic rings. The third-order valence-corrected chi connectivity index (χ3v) is 3.43. The van der Waals surface area contributed by atoms with Gasteiger partial charge in [-0.25, -0.2) is 29.1 Å². The number of ether oxygens (including phenoxy) is 2. The number of carboxylic acids is 2. The number of halogens is 2. The molecular weight excluding hydrogens is 447 g/mol. The van der Waals surface area contributed by atoms with Crippen LogP contribution >= 0.6 is 23.2 Å². The van der Waals surface area contributed by atoms with Crippen LogP contribution in [0.3, 0.4) is 0 Å². The molecule has 3 N–H and O–H groups in total. The number of carbonyl (C=O) groups is 4. The van der Waals surface area contributed by atoms with E-state index in [-0.39, 0.29) is 32.6 Å². The van der Waals surface area contributed by atoms with Gasteiger partial charge in [-0.2, -0.15) is 0 Å². The average Bonchev–Trinajstić information content (AvgIpc) is 2.74. The molecule has 2 rings (SSSR count). The molecule has 0 radical (unpaired) electrons. The number of methoxy groups -OCH3 is 2. The summed E-state index contributed by atoms with van der Waals surface area (Å²) >= 11 is 11.0. The van der Waals surface area contributed by atoms with Crippen molar-refractivity contribution in [2.75, 3.05) is 21.3 Å². The Balaban J connectivity index is 0.000000522. The molecule has 0 fully saturated rings. The smallest absolute Gasteiger partial charge is 0.340 e. The molecule has 0 unspecified atom stereocenters. The van der Waals surface area contributed by atoms with E-state index in [0.29, 0.717) is 0 Å². The first-order valence-electron chi connectivity index (χ1n) is 7.51. The summed E-state index contributed by atoms with van der Waals surface area (Å²) in [4.78, 5) is 50.7. The zero-order chi connectivity index (χ0) is 23.4. The number of aliphatic hydroxyl groups excluding tert-OH is 1. The van der Waals surface area contributed by atoms with Crippen LogP contribution < -0.4 is 0 Å².